The number of amides is 2. The van der Waals surface area contributed by atoms with Gasteiger partial charge < -0.3 is 15.1 Å². The van der Waals surface area contributed by atoms with E-state index >= 15 is 0 Å². The predicted molar refractivity (Wildman–Crippen MR) is 104 cm³/mol. The van der Waals surface area contributed by atoms with Crippen molar-refractivity contribution >= 4 is 40.5 Å². The van der Waals surface area contributed by atoms with E-state index in [2.05, 4.69) is 10.5 Å². The molecule has 2 aliphatic heterocycles. The van der Waals surface area contributed by atoms with Gasteiger partial charge in [-0.3, -0.25) is 9.59 Å². The van der Waals surface area contributed by atoms with Crippen LogP contribution in [0.2, 0.25) is 5.02 Å². The lowest BCUT2D eigenvalue weighted by Crippen LogP contribution is -2.28. The SMILES string of the molecule is O=C(Nc1cc(N2CCCC2=O)ccc1Cl)[C@H]1CC(c2ccccc2)=NO1. The van der Waals surface area contributed by atoms with Crippen LogP contribution in [0.15, 0.2) is 53.7 Å². The second-order valence-electron chi connectivity index (χ2n) is 6.50. The number of halogens is 1. The summed E-state index contributed by atoms with van der Waals surface area (Å²) in [4.78, 5) is 31.5. The Hall–Kier alpha value is -2.86. The molecule has 7 heteroatoms. The minimum atomic E-state index is -0.714. The van der Waals surface area contributed by atoms with E-state index < -0.39 is 6.10 Å². The zero-order valence-corrected chi connectivity index (χ0v) is 15.3. The van der Waals surface area contributed by atoms with Crippen LogP contribution >= 0.6 is 11.6 Å². The van der Waals surface area contributed by atoms with Gasteiger partial charge in [-0.2, -0.15) is 0 Å². The number of nitrogens with zero attached hydrogens (tertiary/aromatic N) is 2. The minimum Gasteiger partial charge on any atom is -0.382 e. The molecule has 0 unspecified atom stereocenters. The molecule has 2 aliphatic rings. The van der Waals surface area contributed by atoms with E-state index in [1.807, 2.05) is 30.3 Å². The van der Waals surface area contributed by atoms with Crippen LogP contribution in [0, 0.1) is 0 Å². The third-order valence-corrected chi connectivity index (χ3v) is 4.99. The monoisotopic (exact) mass is 383 g/mol. The first-order valence-corrected chi connectivity index (χ1v) is 9.18. The zero-order chi connectivity index (χ0) is 18.8. The van der Waals surface area contributed by atoms with Crippen LogP contribution in [0.3, 0.4) is 0 Å². The lowest BCUT2D eigenvalue weighted by atomic mass is 10.0. The highest BCUT2D eigenvalue weighted by atomic mass is 35.5. The molecule has 6 nitrogen and oxygen atoms in total. The molecular formula is C20H18ClN3O3. The molecule has 0 saturated carbocycles. The molecule has 0 aliphatic carbocycles. The maximum atomic E-state index is 12.6. The quantitative estimate of drug-likeness (QED) is 0.876. The van der Waals surface area contributed by atoms with E-state index in [-0.39, 0.29) is 11.8 Å². The molecule has 2 heterocycles. The number of hydrogen-bond acceptors (Lipinski definition) is 4. The van der Waals surface area contributed by atoms with Gasteiger partial charge in [0.15, 0.2) is 0 Å². The van der Waals surface area contributed by atoms with Crippen molar-refractivity contribution in [3.05, 3.63) is 59.1 Å². The highest BCUT2D eigenvalue weighted by Gasteiger charge is 2.29. The van der Waals surface area contributed by atoms with Gasteiger partial charge >= 0.3 is 0 Å². The van der Waals surface area contributed by atoms with Crippen molar-refractivity contribution in [2.75, 3.05) is 16.8 Å². The first-order chi connectivity index (χ1) is 13.1. The fourth-order valence-corrected chi connectivity index (χ4v) is 3.40. The number of benzene rings is 2. The number of carbonyl (C=O) groups excluding carboxylic acids is 2. The molecule has 1 saturated heterocycles. The van der Waals surface area contributed by atoms with E-state index in [1.165, 1.54) is 0 Å². The summed E-state index contributed by atoms with van der Waals surface area (Å²) in [6, 6.07) is 14.8. The number of anilines is 2. The molecule has 0 radical (unpaired) electrons. The van der Waals surface area contributed by atoms with Crippen molar-refractivity contribution in [1.29, 1.82) is 0 Å². The summed E-state index contributed by atoms with van der Waals surface area (Å²) in [7, 11) is 0. The van der Waals surface area contributed by atoms with Crippen LogP contribution in [-0.2, 0) is 14.4 Å². The first kappa shape index (κ1) is 17.5. The van der Waals surface area contributed by atoms with Crippen LogP contribution < -0.4 is 10.2 Å². The average molecular weight is 384 g/mol. The van der Waals surface area contributed by atoms with Gasteiger partial charge in [0.05, 0.1) is 16.4 Å². The summed E-state index contributed by atoms with van der Waals surface area (Å²) in [5, 5.41) is 7.23. The Bertz CT molecular complexity index is 914. The van der Waals surface area contributed by atoms with Crippen LogP contribution in [0.25, 0.3) is 0 Å². The van der Waals surface area contributed by atoms with Gasteiger partial charge in [0.1, 0.15) is 0 Å². The highest BCUT2D eigenvalue weighted by molar-refractivity contribution is 6.34. The Labute approximate surface area is 161 Å². The molecule has 0 bridgehead atoms. The molecule has 2 amide bonds. The molecule has 1 N–H and O–H groups in total. The van der Waals surface area contributed by atoms with Crippen molar-refractivity contribution in [3.63, 3.8) is 0 Å². The maximum absolute atomic E-state index is 12.6. The van der Waals surface area contributed by atoms with E-state index in [0.717, 1.165) is 23.4 Å². The molecule has 2 aromatic rings. The van der Waals surface area contributed by atoms with Crippen molar-refractivity contribution in [1.82, 2.24) is 0 Å². The molecule has 4 rings (SSSR count). The second-order valence-corrected chi connectivity index (χ2v) is 6.91. The summed E-state index contributed by atoms with van der Waals surface area (Å²) in [6.07, 6.45) is 1.05. The van der Waals surface area contributed by atoms with Gasteiger partial charge in [-0.05, 0) is 30.2 Å². The third-order valence-electron chi connectivity index (χ3n) is 4.66. The number of carbonyl (C=O) groups is 2. The Morgan fingerprint density at radius 1 is 1.22 bits per heavy atom. The van der Waals surface area contributed by atoms with Gasteiger partial charge in [0, 0.05) is 25.1 Å². The first-order valence-electron chi connectivity index (χ1n) is 8.81. The second kappa shape index (κ2) is 7.40. The highest BCUT2D eigenvalue weighted by Crippen LogP contribution is 2.30. The van der Waals surface area contributed by atoms with Crippen LogP contribution in [0.4, 0.5) is 11.4 Å². The summed E-state index contributed by atoms with van der Waals surface area (Å²) in [6.45, 7) is 0.674. The van der Waals surface area contributed by atoms with Crippen LogP contribution in [-0.4, -0.2) is 30.2 Å². The lowest BCUT2D eigenvalue weighted by molar-refractivity contribution is -0.125. The van der Waals surface area contributed by atoms with Crippen molar-refractivity contribution in [2.45, 2.75) is 25.4 Å². The van der Waals surface area contributed by atoms with E-state index in [1.54, 1.807) is 23.1 Å². The van der Waals surface area contributed by atoms with Crippen molar-refractivity contribution < 1.29 is 14.4 Å². The van der Waals surface area contributed by atoms with E-state index in [9.17, 15) is 9.59 Å². The molecule has 27 heavy (non-hydrogen) atoms. The normalized spacial score (nSPS) is 19.0. The average Bonchev–Trinajstić information content (AvgIpc) is 3.34. The topological polar surface area (TPSA) is 71.0 Å². The molecule has 2 aromatic carbocycles. The summed E-state index contributed by atoms with van der Waals surface area (Å²) < 4.78 is 0. The standard InChI is InChI=1S/C20H18ClN3O3/c21-15-9-8-14(24-10-4-7-19(24)25)11-17(15)22-20(26)18-12-16(23-27-18)13-5-2-1-3-6-13/h1-3,5-6,8-9,11,18H,4,7,10,12H2,(H,22,26)/t18-/m1/s1. The van der Waals surface area contributed by atoms with E-state index in [4.69, 9.17) is 16.4 Å². The molecule has 1 fully saturated rings. The Kier molecular flexibility index (Phi) is 4.81. The van der Waals surface area contributed by atoms with Gasteiger partial charge in [-0.15, -0.1) is 0 Å². The zero-order valence-electron chi connectivity index (χ0n) is 14.5. The maximum Gasteiger partial charge on any atom is 0.268 e. The molecule has 0 aromatic heterocycles. The smallest absolute Gasteiger partial charge is 0.268 e. The fraction of sp³-hybridized carbons (Fsp3) is 0.250. The van der Waals surface area contributed by atoms with Crippen molar-refractivity contribution in [3.8, 4) is 0 Å². The number of hydrogen-bond donors (Lipinski definition) is 1. The number of nitrogens with one attached hydrogen (secondary N) is 1. The number of oxime groups is 1. The Morgan fingerprint density at radius 2 is 2.04 bits per heavy atom. The molecular weight excluding hydrogens is 366 g/mol. The van der Waals surface area contributed by atoms with Gasteiger partial charge in [0.25, 0.3) is 5.91 Å². The summed E-state index contributed by atoms with van der Waals surface area (Å²) in [5.41, 5.74) is 2.85. The predicted octanol–water partition coefficient (Wildman–Crippen LogP) is 3.60. The molecule has 138 valence electrons. The van der Waals surface area contributed by atoms with Crippen LogP contribution in [0.5, 0.6) is 0 Å². The van der Waals surface area contributed by atoms with E-state index in [0.29, 0.717) is 30.1 Å². The Morgan fingerprint density at radius 3 is 2.78 bits per heavy atom. The number of rotatable bonds is 4. The summed E-state index contributed by atoms with van der Waals surface area (Å²) >= 11 is 6.23. The van der Waals surface area contributed by atoms with Gasteiger partial charge in [-0.1, -0.05) is 47.1 Å². The Balaban J connectivity index is 1.45. The molecule has 1 atom stereocenters. The summed E-state index contributed by atoms with van der Waals surface area (Å²) in [5.74, 6) is -0.244. The largest absolute Gasteiger partial charge is 0.382 e. The molecule has 0 spiro atoms. The third kappa shape index (κ3) is 3.66. The van der Waals surface area contributed by atoms with Gasteiger partial charge in [0.2, 0.25) is 12.0 Å². The minimum absolute atomic E-state index is 0.0784. The van der Waals surface area contributed by atoms with Crippen LogP contribution in [0.1, 0.15) is 24.8 Å². The lowest BCUT2D eigenvalue weighted by Gasteiger charge is -2.18. The fourth-order valence-electron chi connectivity index (χ4n) is 3.23. The van der Waals surface area contributed by atoms with Gasteiger partial charge in [-0.25, -0.2) is 0 Å². The van der Waals surface area contributed by atoms with Crippen molar-refractivity contribution in [2.24, 2.45) is 5.16 Å².